The topological polar surface area (TPSA) is 52.9 Å². The molecule has 80 valence electrons. The Labute approximate surface area is 93.7 Å². The lowest BCUT2D eigenvalue weighted by atomic mass is 10.1. The molecule has 0 aromatic carbocycles. The van der Waals surface area contributed by atoms with Crippen molar-refractivity contribution in [2.45, 2.75) is 33.1 Å². The van der Waals surface area contributed by atoms with Gasteiger partial charge in [-0.3, -0.25) is 4.79 Å². The highest BCUT2D eigenvalue weighted by molar-refractivity contribution is 7.16. The van der Waals surface area contributed by atoms with Gasteiger partial charge in [-0.2, -0.15) is 5.26 Å². The first-order chi connectivity index (χ1) is 7.08. The zero-order chi connectivity index (χ0) is 11.4. The van der Waals surface area contributed by atoms with Crippen LogP contribution in [-0.4, -0.2) is 5.91 Å². The summed E-state index contributed by atoms with van der Waals surface area (Å²) < 4.78 is 0. The SMILES string of the molecule is CCC(=O)Nc1sc(C(C)C)cc1C#N. The molecule has 1 amide bonds. The van der Waals surface area contributed by atoms with Crippen LogP contribution in [0.2, 0.25) is 0 Å². The van der Waals surface area contributed by atoms with Crippen molar-refractivity contribution >= 4 is 22.2 Å². The van der Waals surface area contributed by atoms with Gasteiger partial charge in [0, 0.05) is 11.3 Å². The number of hydrogen-bond acceptors (Lipinski definition) is 3. The van der Waals surface area contributed by atoms with Gasteiger partial charge in [0.1, 0.15) is 11.1 Å². The lowest BCUT2D eigenvalue weighted by Crippen LogP contribution is -2.08. The number of amides is 1. The zero-order valence-corrected chi connectivity index (χ0v) is 9.94. The van der Waals surface area contributed by atoms with Crippen molar-refractivity contribution in [3.8, 4) is 6.07 Å². The molecule has 1 aromatic rings. The second kappa shape index (κ2) is 4.94. The molecule has 0 bridgehead atoms. The maximum absolute atomic E-state index is 11.2. The van der Waals surface area contributed by atoms with Crippen molar-refractivity contribution in [1.29, 1.82) is 5.26 Å². The molecule has 1 heterocycles. The molecule has 0 saturated heterocycles. The summed E-state index contributed by atoms with van der Waals surface area (Å²) in [5, 5.41) is 12.3. The predicted molar refractivity (Wildman–Crippen MR) is 62.0 cm³/mol. The van der Waals surface area contributed by atoms with Crippen LogP contribution in [0, 0.1) is 11.3 Å². The van der Waals surface area contributed by atoms with Crippen molar-refractivity contribution in [1.82, 2.24) is 0 Å². The number of anilines is 1. The quantitative estimate of drug-likeness (QED) is 0.854. The summed E-state index contributed by atoms with van der Waals surface area (Å²) in [5.41, 5.74) is 0.561. The summed E-state index contributed by atoms with van der Waals surface area (Å²) >= 11 is 1.48. The second-order valence-corrected chi connectivity index (χ2v) is 4.64. The average Bonchev–Trinajstić information content (AvgIpc) is 2.61. The Bertz CT molecular complexity index is 401. The van der Waals surface area contributed by atoms with E-state index in [4.69, 9.17) is 5.26 Å². The second-order valence-electron chi connectivity index (χ2n) is 3.56. The van der Waals surface area contributed by atoms with Gasteiger partial charge in [0.2, 0.25) is 5.91 Å². The van der Waals surface area contributed by atoms with Crippen molar-refractivity contribution in [2.75, 3.05) is 5.32 Å². The zero-order valence-electron chi connectivity index (χ0n) is 9.13. The first-order valence-electron chi connectivity index (χ1n) is 4.92. The predicted octanol–water partition coefficient (Wildman–Crippen LogP) is 3.09. The summed E-state index contributed by atoms with van der Waals surface area (Å²) in [4.78, 5) is 12.3. The Morgan fingerprint density at radius 2 is 2.33 bits per heavy atom. The summed E-state index contributed by atoms with van der Waals surface area (Å²) in [6.45, 7) is 5.93. The Balaban J connectivity index is 2.97. The number of carbonyl (C=O) groups is 1. The molecule has 0 atom stereocenters. The van der Waals surface area contributed by atoms with Crippen molar-refractivity contribution in [2.24, 2.45) is 0 Å². The maximum Gasteiger partial charge on any atom is 0.224 e. The fourth-order valence-corrected chi connectivity index (χ4v) is 2.11. The highest BCUT2D eigenvalue weighted by Crippen LogP contribution is 2.32. The van der Waals surface area contributed by atoms with Gasteiger partial charge >= 0.3 is 0 Å². The Kier molecular flexibility index (Phi) is 3.87. The monoisotopic (exact) mass is 222 g/mol. The normalized spacial score (nSPS) is 10.1. The lowest BCUT2D eigenvalue weighted by molar-refractivity contribution is -0.115. The van der Waals surface area contributed by atoms with Gasteiger partial charge in [0.25, 0.3) is 0 Å². The van der Waals surface area contributed by atoms with Gasteiger partial charge in [0.15, 0.2) is 0 Å². The number of nitrogens with zero attached hydrogens (tertiary/aromatic N) is 1. The van der Waals surface area contributed by atoms with Gasteiger partial charge in [-0.25, -0.2) is 0 Å². The van der Waals surface area contributed by atoms with Crippen molar-refractivity contribution in [3.05, 3.63) is 16.5 Å². The fraction of sp³-hybridized carbons (Fsp3) is 0.455. The third kappa shape index (κ3) is 2.80. The highest BCUT2D eigenvalue weighted by atomic mass is 32.1. The Hall–Kier alpha value is -1.34. The highest BCUT2D eigenvalue weighted by Gasteiger charge is 2.12. The number of rotatable bonds is 3. The van der Waals surface area contributed by atoms with Gasteiger partial charge in [-0.1, -0.05) is 20.8 Å². The van der Waals surface area contributed by atoms with E-state index in [0.29, 0.717) is 22.9 Å². The van der Waals surface area contributed by atoms with Gasteiger partial charge in [-0.15, -0.1) is 11.3 Å². The largest absolute Gasteiger partial charge is 0.317 e. The summed E-state index contributed by atoms with van der Waals surface area (Å²) in [7, 11) is 0. The maximum atomic E-state index is 11.2. The van der Waals surface area contributed by atoms with Crippen molar-refractivity contribution < 1.29 is 4.79 Å². The van der Waals surface area contributed by atoms with Crippen LogP contribution in [0.3, 0.4) is 0 Å². The Morgan fingerprint density at radius 1 is 1.67 bits per heavy atom. The van der Waals surface area contributed by atoms with E-state index in [-0.39, 0.29) is 5.91 Å². The van der Waals surface area contributed by atoms with Crippen LogP contribution in [0.5, 0.6) is 0 Å². The molecule has 0 spiro atoms. The van der Waals surface area contributed by atoms with Crippen LogP contribution in [0.1, 0.15) is 43.6 Å². The van der Waals surface area contributed by atoms with E-state index in [1.165, 1.54) is 11.3 Å². The number of hydrogen-bond donors (Lipinski definition) is 1. The van der Waals surface area contributed by atoms with E-state index in [0.717, 1.165) is 4.88 Å². The summed E-state index contributed by atoms with van der Waals surface area (Å²) in [6.07, 6.45) is 0.430. The summed E-state index contributed by atoms with van der Waals surface area (Å²) in [5.74, 6) is 0.332. The van der Waals surface area contributed by atoms with E-state index < -0.39 is 0 Å². The molecule has 0 fully saturated rings. The molecule has 0 saturated carbocycles. The van der Waals surface area contributed by atoms with E-state index in [1.54, 1.807) is 6.92 Å². The molecule has 0 aliphatic carbocycles. The number of nitriles is 1. The van der Waals surface area contributed by atoms with Crippen LogP contribution in [0.15, 0.2) is 6.07 Å². The molecule has 0 aliphatic heterocycles. The lowest BCUT2D eigenvalue weighted by Gasteiger charge is -2.00. The molecule has 1 aromatic heterocycles. The molecule has 0 aliphatic rings. The number of thiophene rings is 1. The molecule has 4 heteroatoms. The Morgan fingerprint density at radius 3 is 2.80 bits per heavy atom. The van der Waals surface area contributed by atoms with Crippen LogP contribution < -0.4 is 5.32 Å². The van der Waals surface area contributed by atoms with Crippen LogP contribution in [0.25, 0.3) is 0 Å². The first-order valence-corrected chi connectivity index (χ1v) is 5.73. The standard InChI is InChI=1S/C11H14N2OS/c1-4-10(14)13-11-8(6-12)5-9(15-11)7(2)3/h5,7H,4H2,1-3H3,(H,13,14). The molecule has 1 rings (SSSR count). The fourth-order valence-electron chi connectivity index (χ4n) is 1.09. The average molecular weight is 222 g/mol. The van der Waals surface area contributed by atoms with Crippen molar-refractivity contribution in [3.63, 3.8) is 0 Å². The number of carbonyl (C=O) groups excluding carboxylic acids is 1. The molecule has 1 N–H and O–H groups in total. The minimum atomic E-state index is -0.0522. The van der Waals surface area contributed by atoms with Crippen LogP contribution >= 0.6 is 11.3 Å². The smallest absolute Gasteiger partial charge is 0.224 e. The van der Waals surface area contributed by atoms with E-state index in [9.17, 15) is 4.79 Å². The molecule has 0 radical (unpaired) electrons. The molecular formula is C11H14N2OS. The molecule has 0 unspecified atom stereocenters. The molecule has 3 nitrogen and oxygen atoms in total. The van der Waals surface area contributed by atoms with Gasteiger partial charge in [0.05, 0.1) is 5.56 Å². The van der Waals surface area contributed by atoms with Crippen LogP contribution in [0.4, 0.5) is 5.00 Å². The van der Waals surface area contributed by atoms with Gasteiger partial charge < -0.3 is 5.32 Å². The van der Waals surface area contributed by atoms with Crippen LogP contribution in [-0.2, 0) is 4.79 Å². The third-order valence-corrected chi connectivity index (χ3v) is 3.37. The first kappa shape index (κ1) is 11.7. The summed E-state index contributed by atoms with van der Waals surface area (Å²) in [6, 6.07) is 3.94. The van der Waals surface area contributed by atoms with Gasteiger partial charge in [-0.05, 0) is 12.0 Å². The molecule has 15 heavy (non-hydrogen) atoms. The third-order valence-electron chi connectivity index (χ3n) is 2.01. The number of nitrogens with one attached hydrogen (secondary N) is 1. The van der Waals surface area contributed by atoms with E-state index in [2.05, 4.69) is 25.2 Å². The van der Waals surface area contributed by atoms with E-state index in [1.807, 2.05) is 6.07 Å². The minimum absolute atomic E-state index is 0.0522. The minimum Gasteiger partial charge on any atom is -0.317 e. The van der Waals surface area contributed by atoms with E-state index >= 15 is 0 Å². The molecular weight excluding hydrogens is 208 g/mol.